The summed E-state index contributed by atoms with van der Waals surface area (Å²) >= 11 is 0. The first-order valence-electron chi connectivity index (χ1n) is 4.21. The molecule has 0 aliphatic carbocycles. The summed E-state index contributed by atoms with van der Waals surface area (Å²) in [6, 6.07) is 1.99. The smallest absolute Gasteiger partial charge is 0.125 e. The van der Waals surface area contributed by atoms with Crippen LogP contribution in [0.25, 0.3) is 0 Å². The number of anilines is 1. The maximum Gasteiger partial charge on any atom is 0.125 e. The SMILES string of the molecule is Cc1cc(N)c(C)c2c1OCC2. The number of fused-ring (bicyclic) bond motifs is 1. The van der Waals surface area contributed by atoms with Crippen molar-refractivity contribution in [3.63, 3.8) is 0 Å². The highest BCUT2D eigenvalue weighted by Gasteiger charge is 2.18. The topological polar surface area (TPSA) is 35.2 Å². The molecule has 2 rings (SSSR count). The van der Waals surface area contributed by atoms with Gasteiger partial charge in [-0.2, -0.15) is 0 Å². The van der Waals surface area contributed by atoms with Crippen molar-refractivity contribution in [3.8, 4) is 5.75 Å². The monoisotopic (exact) mass is 163 g/mol. The fourth-order valence-electron chi connectivity index (χ4n) is 1.75. The van der Waals surface area contributed by atoms with Gasteiger partial charge in [-0.15, -0.1) is 0 Å². The largest absolute Gasteiger partial charge is 0.493 e. The van der Waals surface area contributed by atoms with Crippen LogP contribution in [0.2, 0.25) is 0 Å². The number of ether oxygens (including phenoxy) is 1. The molecule has 0 saturated heterocycles. The van der Waals surface area contributed by atoms with Gasteiger partial charge in [-0.05, 0) is 31.0 Å². The van der Waals surface area contributed by atoms with E-state index in [1.807, 2.05) is 13.0 Å². The van der Waals surface area contributed by atoms with Crippen LogP contribution in [0.1, 0.15) is 16.7 Å². The summed E-state index contributed by atoms with van der Waals surface area (Å²) in [6.45, 7) is 4.91. The number of aryl methyl sites for hydroxylation is 1. The van der Waals surface area contributed by atoms with Crippen LogP contribution in [0.4, 0.5) is 5.69 Å². The minimum absolute atomic E-state index is 0.806. The highest BCUT2D eigenvalue weighted by atomic mass is 16.5. The molecule has 2 heteroatoms. The minimum Gasteiger partial charge on any atom is -0.493 e. The number of benzene rings is 1. The van der Waals surface area contributed by atoms with Gasteiger partial charge >= 0.3 is 0 Å². The quantitative estimate of drug-likeness (QED) is 0.592. The number of nitrogens with two attached hydrogens (primary N) is 1. The molecule has 1 aromatic carbocycles. The first kappa shape index (κ1) is 7.47. The molecule has 0 amide bonds. The van der Waals surface area contributed by atoms with Gasteiger partial charge in [0.05, 0.1) is 6.61 Å². The van der Waals surface area contributed by atoms with Gasteiger partial charge in [-0.3, -0.25) is 0 Å². The van der Waals surface area contributed by atoms with E-state index in [1.54, 1.807) is 0 Å². The van der Waals surface area contributed by atoms with Crippen molar-refractivity contribution in [2.24, 2.45) is 0 Å². The summed E-state index contributed by atoms with van der Waals surface area (Å²) in [7, 11) is 0. The number of hydrogen-bond donors (Lipinski definition) is 1. The predicted molar refractivity (Wildman–Crippen MR) is 49.5 cm³/mol. The highest BCUT2D eigenvalue weighted by Crippen LogP contribution is 2.34. The average Bonchev–Trinajstić information content (AvgIpc) is 2.48. The zero-order valence-corrected chi connectivity index (χ0v) is 7.48. The Morgan fingerprint density at radius 1 is 1.42 bits per heavy atom. The van der Waals surface area contributed by atoms with Crippen molar-refractivity contribution in [2.75, 3.05) is 12.3 Å². The Labute approximate surface area is 72.3 Å². The molecule has 0 saturated carbocycles. The molecule has 0 unspecified atom stereocenters. The lowest BCUT2D eigenvalue weighted by molar-refractivity contribution is 0.354. The highest BCUT2D eigenvalue weighted by molar-refractivity contribution is 5.60. The van der Waals surface area contributed by atoms with Crippen LogP contribution in [0, 0.1) is 13.8 Å². The van der Waals surface area contributed by atoms with Gasteiger partial charge in [0, 0.05) is 17.7 Å². The molecule has 0 fully saturated rings. The number of rotatable bonds is 0. The fourth-order valence-corrected chi connectivity index (χ4v) is 1.75. The molecule has 0 spiro atoms. The molecule has 12 heavy (non-hydrogen) atoms. The van der Waals surface area contributed by atoms with Crippen molar-refractivity contribution in [1.82, 2.24) is 0 Å². The fraction of sp³-hybridized carbons (Fsp3) is 0.400. The summed E-state index contributed by atoms with van der Waals surface area (Å²) in [5.74, 6) is 1.06. The van der Waals surface area contributed by atoms with E-state index >= 15 is 0 Å². The Morgan fingerprint density at radius 2 is 2.17 bits per heavy atom. The lowest BCUT2D eigenvalue weighted by atomic mass is 10.0. The van der Waals surface area contributed by atoms with E-state index in [-0.39, 0.29) is 0 Å². The molecule has 64 valence electrons. The Morgan fingerprint density at radius 3 is 2.92 bits per heavy atom. The molecular formula is C10H13NO. The van der Waals surface area contributed by atoms with Crippen molar-refractivity contribution < 1.29 is 4.74 Å². The third-order valence-corrected chi connectivity index (χ3v) is 2.49. The standard InChI is InChI=1S/C10H13NO/c1-6-5-9(11)7(2)8-3-4-12-10(6)8/h5H,3-4,11H2,1-2H3. The normalized spacial score (nSPS) is 14.2. The zero-order chi connectivity index (χ0) is 8.72. The van der Waals surface area contributed by atoms with Crippen LogP contribution >= 0.6 is 0 Å². The van der Waals surface area contributed by atoms with Gasteiger partial charge in [-0.1, -0.05) is 0 Å². The Kier molecular flexibility index (Phi) is 1.50. The van der Waals surface area contributed by atoms with E-state index < -0.39 is 0 Å². The molecule has 2 N–H and O–H groups in total. The Hall–Kier alpha value is -1.18. The van der Waals surface area contributed by atoms with Crippen molar-refractivity contribution in [2.45, 2.75) is 20.3 Å². The van der Waals surface area contributed by atoms with Crippen LogP contribution < -0.4 is 10.5 Å². The molecule has 0 bridgehead atoms. The minimum atomic E-state index is 0.806. The lowest BCUT2D eigenvalue weighted by Gasteiger charge is -2.08. The van der Waals surface area contributed by atoms with Crippen LogP contribution in [0.5, 0.6) is 5.75 Å². The third kappa shape index (κ3) is 0.876. The molecule has 0 aromatic heterocycles. The van der Waals surface area contributed by atoms with Crippen LogP contribution in [0.15, 0.2) is 6.07 Å². The van der Waals surface area contributed by atoms with E-state index in [0.29, 0.717) is 0 Å². The second kappa shape index (κ2) is 2.41. The summed E-state index contributed by atoms with van der Waals surface area (Å²) in [6.07, 6.45) is 1.01. The van der Waals surface area contributed by atoms with E-state index in [9.17, 15) is 0 Å². The van der Waals surface area contributed by atoms with Crippen LogP contribution in [-0.4, -0.2) is 6.61 Å². The van der Waals surface area contributed by atoms with E-state index in [2.05, 4.69) is 6.92 Å². The van der Waals surface area contributed by atoms with Gasteiger partial charge in [0.25, 0.3) is 0 Å². The molecule has 1 aliphatic rings. The predicted octanol–water partition coefficient (Wildman–Crippen LogP) is 1.82. The first-order chi connectivity index (χ1) is 5.70. The number of hydrogen-bond acceptors (Lipinski definition) is 2. The maximum atomic E-state index is 5.84. The van der Waals surface area contributed by atoms with Gasteiger partial charge in [0.1, 0.15) is 5.75 Å². The zero-order valence-electron chi connectivity index (χ0n) is 7.48. The van der Waals surface area contributed by atoms with Gasteiger partial charge in [0.15, 0.2) is 0 Å². The maximum absolute atomic E-state index is 5.84. The molecule has 1 aromatic rings. The first-order valence-corrected chi connectivity index (χ1v) is 4.21. The Balaban J connectivity index is 2.69. The molecule has 0 atom stereocenters. The molecule has 0 radical (unpaired) electrons. The second-order valence-corrected chi connectivity index (χ2v) is 3.31. The van der Waals surface area contributed by atoms with Crippen molar-refractivity contribution in [3.05, 3.63) is 22.8 Å². The van der Waals surface area contributed by atoms with Crippen molar-refractivity contribution in [1.29, 1.82) is 0 Å². The molecular weight excluding hydrogens is 150 g/mol. The third-order valence-electron chi connectivity index (χ3n) is 2.49. The molecule has 1 aliphatic heterocycles. The Bertz CT molecular complexity index is 331. The summed E-state index contributed by atoms with van der Waals surface area (Å²) < 4.78 is 5.51. The summed E-state index contributed by atoms with van der Waals surface area (Å²) in [5.41, 5.74) is 10.4. The van der Waals surface area contributed by atoms with Crippen LogP contribution in [0.3, 0.4) is 0 Å². The second-order valence-electron chi connectivity index (χ2n) is 3.31. The van der Waals surface area contributed by atoms with Crippen molar-refractivity contribution >= 4 is 5.69 Å². The van der Waals surface area contributed by atoms with E-state index in [0.717, 1.165) is 30.0 Å². The van der Waals surface area contributed by atoms with Crippen LogP contribution in [-0.2, 0) is 6.42 Å². The summed E-state index contributed by atoms with van der Waals surface area (Å²) in [4.78, 5) is 0. The van der Waals surface area contributed by atoms with Gasteiger partial charge in [0.2, 0.25) is 0 Å². The van der Waals surface area contributed by atoms with E-state index in [4.69, 9.17) is 10.5 Å². The van der Waals surface area contributed by atoms with Gasteiger partial charge < -0.3 is 10.5 Å². The molecule has 1 heterocycles. The average molecular weight is 163 g/mol. The van der Waals surface area contributed by atoms with E-state index in [1.165, 1.54) is 11.1 Å². The number of nitrogen functional groups attached to an aromatic ring is 1. The summed E-state index contributed by atoms with van der Waals surface area (Å²) in [5, 5.41) is 0. The van der Waals surface area contributed by atoms with Gasteiger partial charge in [-0.25, -0.2) is 0 Å². The lowest BCUT2D eigenvalue weighted by Crippen LogP contribution is -1.95. The molecule has 2 nitrogen and oxygen atoms in total.